The van der Waals surface area contributed by atoms with E-state index in [4.69, 9.17) is 9.05 Å². The van der Waals surface area contributed by atoms with Crippen molar-refractivity contribution in [3.05, 3.63) is 48.5 Å². The van der Waals surface area contributed by atoms with Crippen LogP contribution in [0.5, 0.6) is 0 Å². The van der Waals surface area contributed by atoms with E-state index in [1.165, 1.54) is 0 Å². The van der Waals surface area contributed by atoms with Crippen molar-refractivity contribution in [2.75, 3.05) is 13.2 Å². The van der Waals surface area contributed by atoms with Crippen LogP contribution in [0.4, 0.5) is 0 Å². The van der Waals surface area contributed by atoms with Crippen molar-refractivity contribution in [2.24, 2.45) is 0 Å². The van der Waals surface area contributed by atoms with Crippen LogP contribution in [-0.4, -0.2) is 28.4 Å². The zero-order valence-electron chi connectivity index (χ0n) is 12.5. The van der Waals surface area contributed by atoms with E-state index in [-0.39, 0.29) is 18.8 Å². The highest BCUT2D eigenvalue weighted by Gasteiger charge is 2.36. The molecule has 0 atom stereocenters. The molecular weight excluding hydrogens is 325 g/mol. The number of fused-ring (bicyclic) bond motifs is 6. The van der Waals surface area contributed by atoms with Gasteiger partial charge in [0.15, 0.2) is 0 Å². The molecule has 118 valence electrons. The third-order valence-electron chi connectivity index (χ3n) is 4.18. The van der Waals surface area contributed by atoms with Crippen LogP contribution in [0.15, 0.2) is 48.5 Å². The highest BCUT2D eigenvalue weighted by atomic mass is 31.2. The molecule has 0 N–H and O–H groups in total. The Bertz CT molecular complexity index is 1120. The molecule has 4 aromatic rings. The smallest absolute Gasteiger partial charge is 0.301 e. The maximum Gasteiger partial charge on any atom is 0.400 e. The van der Waals surface area contributed by atoms with Gasteiger partial charge in [-0.2, -0.15) is 0 Å². The van der Waals surface area contributed by atoms with Crippen LogP contribution in [0, 0.1) is 0 Å². The highest BCUT2D eigenvalue weighted by Crippen LogP contribution is 2.49. The summed E-state index contributed by atoms with van der Waals surface area (Å²) in [5.41, 5.74) is 1.36. The van der Waals surface area contributed by atoms with Crippen LogP contribution >= 0.6 is 7.60 Å². The van der Waals surface area contributed by atoms with Crippen LogP contribution in [-0.2, 0) is 13.6 Å². The van der Waals surface area contributed by atoms with E-state index < -0.39 is 7.60 Å². The van der Waals surface area contributed by atoms with E-state index in [0.29, 0.717) is 11.0 Å². The monoisotopic (exact) mass is 337 g/mol. The highest BCUT2D eigenvalue weighted by molar-refractivity contribution is 7.61. The van der Waals surface area contributed by atoms with E-state index >= 15 is 0 Å². The van der Waals surface area contributed by atoms with E-state index in [1.54, 1.807) is 0 Å². The van der Waals surface area contributed by atoms with Gasteiger partial charge in [-0.1, -0.05) is 48.5 Å². The van der Waals surface area contributed by atoms with Gasteiger partial charge >= 0.3 is 7.60 Å². The number of hydrogen-bond acceptors (Lipinski definition) is 6. The minimum Gasteiger partial charge on any atom is -0.301 e. The van der Waals surface area contributed by atoms with E-state index in [2.05, 4.69) is 21.2 Å². The Morgan fingerprint density at radius 1 is 0.750 bits per heavy atom. The summed E-state index contributed by atoms with van der Waals surface area (Å²) < 4.78 is 23.1. The molecule has 6 nitrogen and oxygen atoms in total. The van der Waals surface area contributed by atoms with Crippen molar-refractivity contribution in [3.8, 4) is 0 Å². The summed E-state index contributed by atoms with van der Waals surface area (Å²) in [6, 6.07) is 16.0. The average Bonchev–Trinajstić information content (AvgIpc) is 3.09. The van der Waals surface area contributed by atoms with E-state index in [0.717, 1.165) is 21.5 Å². The van der Waals surface area contributed by atoms with Gasteiger partial charge < -0.3 is 9.05 Å². The first-order chi connectivity index (χ1) is 11.8. The van der Waals surface area contributed by atoms with Crippen molar-refractivity contribution in [1.82, 2.24) is 15.2 Å². The molecule has 0 unspecified atom stereocenters. The number of benzene rings is 3. The van der Waals surface area contributed by atoms with Gasteiger partial charge in [-0.25, -0.2) is 4.98 Å². The Morgan fingerprint density at radius 2 is 1.29 bits per heavy atom. The Hall–Kier alpha value is -2.40. The van der Waals surface area contributed by atoms with Crippen LogP contribution < -0.4 is 5.57 Å². The lowest BCUT2D eigenvalue weighted by Gasteiger charge is -2.11. The minimum absolute atomic E-state index is 0.0212. The zero-order chi connectivity index (χ0) is 16.1. The lowest BCUT2D eigenvalue weighted by Crippen LogP contribution is -2.16. The normalized spacial score (nSPS) is 17.0. The lowest BCUT2D eigenvalue weighted by molar-refractivity contribution is 0.363. The number of nitrogens with zero attached hydrogens (tertiary/aromatic N) is 3. The second-order valence-electron chi connectivity index (χ2n) is 5.56. The fourth-order valence-electron chi connectivity index (χ4n) is 3.12. The van der Waals surface area contributed by atoms with Crippen LogP contribution in [0.2, 0.25) is 0 Å². The quantitative estimate of drug-likeness (QED) is 0.392. The Labute approximate surface area is 137 Å². The summed E-state index contributed by atoms with van der Waals surface area (Å²) in [6.45, 7) is 0.550. The molecule has 0 saturated carbocycles. The third-order valence-corrected chi connectivity index (χ3v) is 5.91. The second kappa shape index (κ2) is 5.05. The topological polar surface area (TPSA) is 74.2 Å². The molecule has 0 radical (unpaired) electrons. The van der Waals surface area contributed by atoms with Crippen LogP contribution in [0.3, 0.4) is 0 Å². The number of hydrogen-bond donors (Lipinski definition) is 0. The van der Waals surface area contributed by atoms with Crippen molar-refractivity contribution >= 4 is 45.7 Å². The molecular formula is C17H12N3O3P. The fraction of sp³-hybridized carbons (Fsp3) is 0.118. The van der Waals surface area contributed by atoms with Gasteiger partial charge in [0.2, 0.25) is 0 Å². The molecule has 0 aliphatic carbocycles. The molecule has 0 amide bonds. The zero-order valence-corrected chi connectivity index (χ0v) is 13.4. The Morgan fingerprint density at radius 3 is 1.92 bits per heavy atom. The third kappa shape index (κ3) is 1.91. The first-order valence-corrected chi connectivity index (χ1v) is 9.14. The molecule has 1 aromatic heterocycles. The van der Waals surface area contributed by atoms with Crippen molar-refractivity contribution in [1.29, 1.82) is 0 Å². The molecule has 3 aromatic carbocycles. The largest absolute Gasteiger partial charge is 0.400 e. The van der Waals surface area contributed by atoms with Gasteiger partial charge in [0.25, 0.3) is 5.57 Å². The molecule has 0 spiro atoms. The molecule has 2 heterocycles. The standard InChI is InChI=1S/C17H12N3O3P/c21-24(22-9-10-23-24)17-18-15-13-7-3-1-5-11(13)12-6-2-4-8-14(12)16(15)19-20-17/h1-8H,9-10H2. The van der Waals surface area contributed by atoms with Gasteiger partial charge in [0, 0.05) is 10.8 Å². The van der Waals surface area contributed by atoms with E-state index in [9.17, 15) is 4.57 Å². The van der Waals surface area contributed by atoms with Gasteiger partial charge in [0.05, 0.1) is 13.2 Å². The Balaban J connectivity index is 1.95. The fourth-order valence-corrected chi connectivity index (χ4v) is 4.43. The molecule has 1 aliphatic rings. The molecule has 1 aliphatic heterocycles. The van der Waals surface area contributed by atoms with Gasteiger partial charge in [-0.3, -0.25) is 4.57 Å². The van der Waals surface area contributed by atoms with Gasteiger partial charge in [0.1, 0.15) is 11.0 Å². The van der Waals surface area contributed by atoms with Crippen LogP contribution in [0.25, 0.3) is 32.6 Å². The molecule has 1 fully saturated rings. The number of aromatic nitrogens is 3. The van der Waals surface area contributed by atoms with E-state index in [1.807, 2.05) is 42.5 Å². The maximum atomic E-state index is 12.6. The van der Waals surface area contributed by atoms with Crippen molar-refractivity contribution < 1.29 is 13.6 Å². The lowest BCUT2D eigenvalue weighted by atomic mass is 10.00. The predicted octanol–water partition coefficient (Wildman–Crippen LogP) is 3.20. The van der Waals surface area contributed by atoms with Crippen LogP contribution in [0.1, 0.15) is 0 Å². The summed E-state index contributed by atoms with van der Waals surface area (Å²) >= 11 is 0. The molecule has 0 bridgehead atoms. The van der Waals surface area contributed by atoms with Crippen molar-refractivity contribution in [3.63, 3.8) is 0 Å². The number of rotatable bonds is 1. The average molecular weight is 337 g/mol. The summed E-state index contributed by atoms with van der Waals surface area (Å²) in [5, 5.41) is 12.4. The Kier molecular flexibility index (Phi) is 2.94. The predicted molar refractivity (Wildman–Crippen MR) is 91.5 cm³/mol. The summed E-state index contributed by atoms with van der Waals surface area (Å²) in [7, 11) is -3.45. The molecule has 7 heteroatoms. The van der Waals surface area contributed by atoms with Gasteiger partial charge in [-0.15, -0.1) is 10.2 Å². The van der Waals surface area contributed by atoms with Gasteiger partial charge in [-0.05, 0) is 10.8 Å². The molecule has 1 saturated heterocycles. The SMILES string of the molecule is O=P1(c2nnc3c4ccccc4c4ccccc4c3n2)OCCO1. The second-order valence-corrected chi connectivity index (χ2v) is 7.48. The van der Waals surface area contributed by atoms with Crippen molar-refractivity contribution in [2.45, 2.75) is 0 Å². The first-order valence-electron chi connectivity index (χ1n) is 7.60. The maximum absolute atomic E-state index is 12.6. The summed E-state index contributed by atoms with van der Waals surface area (Å²) in [4.78, 5) is 4.52. The molecule has 24 heavy (non-hydrogen) atoms. The summed E-state index contributed by atoms with van der Waals surface area (Å²) in [6.07, 6.45) is 0. The minimum atomic E-state index is -3.45. The molecule has 5 rings (SSSR count). The first kappa shape index (κ1) is 14.0. The summed E-state index contributed by atoms with van der Waals surface area (Å²) in [5.74, 6) is 0.